The minimum atomic E-state index is -0.558. The van der Waals surface area contributed by atoms with Crippen LogP contribution in [0, 0.1) is 11.3 Å². The van der Waals surface area contributed by atoms with E-state index in [1.807, 2.05) is 39.0 Å². The molecule has 1 amide bonds. The number of amides is 1. The Morgan fingerprint density at radius 1 is 1.37 bits per heavy atom. The van der Waals surface area contributed by atoms with Crippen LogP contribution < -0.4 is 4.74 Å². The first kappa shape index (κ1) is 18.7. The molecule has 2 aromatic rings. The van der Waals surface area contributed by atoms with Gasteiger partial charge in [0.15, 0.2) is 0 Å². The SMILES string of the molecule is CN(C[C@H]1Cc2ncccc2Oc2ccc(C#N)cc21)C(=O)OC(C)(C)C. The summed E-state index contributed by atoms with van der Waals surface area (Å²) in [6, 6.07) is 11.2. The van der Waals surface area contributed by atoms with Crippen LogP contribution in [0.1, 0.15) is 43.5 Å². The number of fused-ring (bicyclic) bond motifs is 2. The van der Waals surface area contributed by atoms with Gasteiger partial charge in [-0.1, -0.05) is 0 Å². The molecule has 1 aromatic heterocycles. The van der Waals surface area contributed by atoms with Crippen LogP contribution in [-0.2, 0) is 11.2 Å². The highest BCUT2D eigenvalue weighted by Crippen LogP contribution is 2.39. The third kappa shape index (κ3) is 4.37. The summed E-state index contributed by atoms with van der Waals surface area (Å²) < 4.78 is 11.5. The Kier molecular flexibility index (Phi) is 5.04. The largest absolute Gasteiger partial charge is 0.455 e. The van der Waals surface area contributed by atoms with E-state index in [-0.39, 0.29) is 12.0 Å². The summed E-state index contributed by atoms with van der Waals surface area (Å²) in [5, 5.41) is 9.28. The zero-order chi connectivity index (χ0) is 19.6. The van der Waals surface area contributed by atoms with Crippen LogP contribution >= 0.6 is 0 Å². The maximum Gasteiger partial charge on any atom is 0.410 e. The second-order valence-corrected chi connectivity index (χ2v) is 7.68. The van der Waals surface area contributed by atoms with E-state index in [0.717, 1.165) is 11.3 Å². The Hall–Kier alpha value is -3.07. The fraction of sp³-hybridized carbons (Fsp3) is 0.381. The molecule has 0 spiro atoms. The lowest BCUT2D eigenvalue weighted by atomic mass is 9.92. The first-order chi connectivity index (χ1) is 12.8. The zero-order valence-corrected chi connectivity index (χ0v) is 16.0. The number of rotatable bonds is 2. The highest BCUT2D eigenvalue weighted by Gasteiger charge is 2.28. The number of nitriles is 1. The summed E-state index contributed by atoms with van der Waals surface area (Å²) in [5.41, 5.74) is 1.72. The van der Waals surface area contributed by atoms with Gasteiger partial charge in [0.05, 0.1) is 17.3 Å². The number of aromatic nitrogens is 1. The summed E-state index contributed by atoms with van der Waals surface area (Å²) in [7, 11) is 1.72. The number of ether oxygens (including phenoxy) is 2. The number of benzene rings is 1. The van der Waals surface area contributed by atoms with Gasteiger partial charge in [0.2, 0.25) is 0 Å². The van der Waals surface area contributed by atoms with E-state index < -0.39 is 5.60 Å². The Morgan fingerprint density at radius 3 is 2.85 bits per heavy atom. The van der Waals surface area contributed by atoms with E-state index in [4.69, 9.17) is 9.47 Å². The van der Waals surface area contributed by atoms with Crippen LogP contribution in [0.5, 0.6) is 11.5 Å². The van der Waals surface area contributed by atoms with Crippen molar-refractivity contribution in [3.05, 3.63) is 53.3 Å². The fourth-order valence-corrected chi connectivity index (χ4v) is 3.07. The first-order valence-electron chi connectivity index (χ1n) is 8.87. The second-order valence-electron chi connectivity index (χ2n) is 7.68. The predicted octanol–water partition coefficient (Wildman–Crippen LogP) is 4.25. The molecule has 3 rings (SSSR count). The Morgan fingerprint density at radius 2 is 2.15 bits per heavy atom. The van der Waals surface area contributed by atoms with Crippen molar-refractivity contribution < 1.29 is 14.3 Å². The molecule has 0 fully saturated rings. The van der Waals surface area contributed by atoms with Crippen LogP contribution in [0.25, 0.3) is 0 Å². The van der Waals surface area contributed by atoms with E-state index in [0.29, 0.717) is 30.0 Å². The molecule has 0 saturated carbocycles. The molecule has 0 bridgehead atoms. The van der Waals surface area contributed by atoms with Crippen molar-refractivity contribution >= 4 is 6.09 Å². The van der Waals surface area contributed by atoms with E-state index in [1.165, 1.54) is 0 Å². The zero-order valence-electron chi connectivity index (χ0n) is 16.0. The molecule has 140 valence electrons. The maximum atomic E-state index is 12.4. The van der Waals surface area contributed by atoms with Gasteiger partial charge in [-0.3, -0.25) is 4.98 Å². The molecule has 1 aliphatic rings. The van der Waals surface area contributed by atoms with Gasteiger partial charge in [0.25, 0.3) is 0 Å². The van der Waals surface area contributed by atoms with Crippen LogP contribution in [-0.4, -0.2) is 35.2 Å². The highest BCUT2D eigenvalue weighted by molar-refractivity contribution is 5.68. The number of pyridine rings is 1. The average molecular weight is 365 g/mol. The number of carbonyl (C=O) groups is 1. The monoisotopic (exact) mass is 365 g/mol. The van der Waals surface area contributed by atoms with E-state index in [1.54, 1.807) is 30.3 Å². The molecule has 0 saturated heterocycles. The molecular formula is C21H23N3O3. The minimum absolute atomic E-state index is 0.0676. The van der Waals surface area contributed by atoms with Crippen molar-refractivity contribution in [1.29, 1.82) is 5.26 Å². The average Bonchev–Trinajstić information content (AvgIpc) is 2.76. The quantitative estimate of drug-likeness (QED) is 0.795. The smallest absolute Gasteiger partial charge is 0.410 e. The van der Waals surface area contributed by atoms with Crippen molar-refractivity contribution in [3.63, 3.8) is 0 Å². The molecule has 2 heterocycles. The molecule has 6 heteroatoms. The molecule has 0 aliphatic carbocycles. The molecule has 6 nitrogen and oxygen atoms in total. The molecule has 0 radical (unpaired) electrons. The van der Waals surface area contributed by atoms with Crippen molar-refractivity contribution in [2.45, 2.75) is 38.7 Å². The Labute approximate surface area is 159 Å². The van der Waals surface area contributed by atoms with Gasteiger partial charge in [-0.05, 0) is 51.1 Å². The summed E-state index contributed by atoms with van der Waals surface area (Å²) in [5.74, 6) is 1.32. The number of hydrogen-bond donors (Lipinski definition) is 0. The normalized spacial score (nSPS) is 15.4. The Bertz CT molecular complexity index is 896. The van der Waals surface area contributed by atoms with Gasteiger partial charge < -0.3 is 14.4 Å². The molecule has 27 heavy (non-hydrogen) atoms. The number of likely N-dealkylation sites (N-methyl/N-ethyl adjacent to an activating group) is 1. The first-order valence-corrected chi connectivity index (χ1v) is 8.87. The van der Waals surface area contributed by atoms with Gasteiger partial charge >= 0.3 is 6.09 Å². The van der Waals surface area contributed by atoms with Gasteiger partial charge in [0, 0.05) is 37.7 Å². The number of carbonyl (C=O) groups excluding carboxylic acids is 1. The van der Waals surface area contributed by atoms with Gasteiger partial charge in [-0.25, -0.2) is 4.79 Å². The van der Waals surface area contributed by atoms with Crippen LogP contribution in [0.2, 0.25) is 0 Å². The van der Waals surface area contributed by atoms with Gasteiger partial charge in [-0.15, -0.1) is 0 Å². The lowest BCUT2D eigenvalue weighted by Gasteiger charge is -2.27. The molecule has 0 N–H and O–H groups in total. The predicted molar refractivity (Wildman–Crippen MR) is 101 cm³/mol. The van der Waals surface area contributed by atoms with E-state index in [9.17, 15) is 10.1 Å². The molecule has 1 aromatic carbocycles. The topological polar surface area (TPSA) is 75.5 Å². The molecular weight excluding hydrogens is 342 g/mol. The highest BCUT2D eigenvalue weighted by atomic mass is 16.6. The maximum absolute atomic E-state index is 12.4. The minimum Gasteiger partial charge on any atom is -0.455 e. The number of hydrogen-bond acceptors (Lipinski definition) is 5. The van der Waals surface area contributed by atoms with Crippen LogP contribution in [0.15, 0.2) is 36.5 Å². The fourth-order valence-electron chi connectivity index (χ4n) is 3.07. The third-order valence-electron chi connectivity index (χ3n) is 4.29. The van der Waals surface area contributed by atoms with Crippen LogP contribution in [0.4, 0.5) is 4.79 Å². The lowest BCUT2D eigenvalue weighted by Crippen LogP contribution is -2.36. The number of nitrogens with zero attached hydrogens (tertiary/aromatic N) is 3. The summed E-state index contributed by atoms with van der Waals surface area (Å²) in [6.45, 7) is 5.95. The summed E-state index contributed by atoms with van der Waals surface area (Å²) in [4.78, 5) is 18.4. The molecule has 1 aliphatic heterocycles. The van der Waals surface area contributed by atoms with E-state index in [2.05, 4.69) is 11.1 Å². The van der Waals surface area contributed by atoms with E-state index >= 15 is 0 Å². The standard InChI is InChI=1S/C21H23N3O3/c1-21(2,3)27-20(25)24(4)13-15-11-17-19(6-5-9-23-17)26-18-8-7-14(12-22)10-16(15)18/h5-10,15H,11,13H2,1-4H3/t15-/m1/s1. The van der Waals surface area contributed by atoms with Crippen molar-refractivity contribution in [2.24, 2.45) is 0 Å². The summed E-state index contributed by atoms with van der Waals surface area (Å²) in [6.07, 6.45) is 1.95. The lowest BCUT2D eigenvalue weighted by molar-refractivity contribution is 0.0288. The van der Waals surface area contributed by atoms with Gasteiger partial charge in [-0.2, -0.15) is 5.26 Å². The second kappa shape index (κ2) is 7.28. The molecule has 1 atom stereocenters. The third-order valence-corrected chi connectivity index (χ3v) is 4.29. The summed E-state index contributed by atoms with van der Waals surface area (Å²) >= 11 is 0. The van der Waals surface area contributed by atoms with Crippen molar-refractivity contribution in [1.82, 2.24) is 9.88 Å². The molecule has 0 unspecified atom stereocenters. The van der Waals surface area contributed by atoms with Gasteiger partial charge in [0.1, 0.15) is 17.1 Å². The Balaban J connectivity index is 1.93. The van der Waals surface area contributed by atoms with Crippen molar-refractivity contribution in [2.75, 3.05) is 13.6 Å². The van der Waals surface area contributed by atoms with Crippen molar-refractivity contribution in [3.8, 4) is 17.6 Å². The van der Waals surface area contributed by atoms with Crippen LogP contribution in [0.3, 0.4) is 0 Å².